The second kappa shape index (κ2) is 7.18. The van der Waals surface area contributed by atoms with Crippen LogP contribution < -0.4 is 10.5 Å². The van der Waals surface area contributed by atoms with Crippen LogP contribution in [-0.2, 0) is 4.74 Å². The van der Waals surface area contributed by atoms with Gasteiger partial charge in [0, 0.05) is 44.0 Å². The zero-order valence-corrected chi connectivity index (χ0v) is 13.2. The van der Waals surface area contributed by atoms with Gasteiger partial charge in [-0.1, -0.05) is 0 Å². The van der Waals surface area contributed by atoms with Crippen molar-refractivity contribution in [2.45, 2.75) is 12.2 Å². The first kappa shape index (κ1) is 16.1. The maximum Gasteiger partial charge on any atom is 0.213 e. The van der Waals surface area contributed by atoms with Crippen molar-refractivity contribution in [3.63, 3.8) is 0 Å². The van der Waals surface area contributed by atoms with E-state index < -0.39 is 6.10 Å². The molecule has 3 heterocycles. The van der Waals surface area contributed by atoms with Gasteiger partial charge in [-0.3, -0.25) is 9.88 Å². The Morgan fingerprint density at radius 2 is 2.35 bits per heavy atom. The van der Waals surface area contributed by atoms with Gasteiger partial charge in [0.1, 0.15) is 0 Å². The molecule has 0 bridgehead atoms. The SMILES string of the molecule is COc1ccc2nccc(C(O)CN3CCOC(CN)C3)c2n1. The monoisotopic (exact) mass is 318 g/mol. The highest BCUT2D eigenvalue weighted by Crippen LogP contribution is 2.24. The Hall–Kier alpha value is -1.80. The lowest BCUT2D eigenvalue weighted by molar-refractivity contribution is -0.0360. The highest BCUT2D eigenvalue weighted by molar-refractivity contribution is 5.78. The summed E-state index contributed by atoms with van der Waals surface area (Å²) in [5.41, 5.74) is 7.83. The number of fused-ring (bicyclic) bond motifs is 1. The second-order valence-electron chi connectivity index (χ2n) is 5.63. The van der Waals surface area contributed by atoms with Gasteiger partial charge < -0.3 is 20.3 Å². The van der Waals surface area contributed by atoms with Crippen LogP contribution >= 0.6 is 0 Å². The van der Waals surface area contributed by atoms with Gasteiger partial charge in [-0.15, -0.1) is 0 Å². The molecule has 1 aliphatic heterocycles. The van der Waals surface area contributed by atoms with Crippen LogP contribution in [0, 0.1) is 0 Å². The van der Waals surface area contributed by atoms with Gasteiger partial charge in [-0.05, 0) is 12.1 Å². The van der Waals surface area contributed by atoms with Gasteiger partial charge in [0.2, 0.25) is 5.88 Å². The van der Waals surface area contributed by atoms with Crippen molar-refractivity contribution in [2.24, 2.45) is 5.73 Å². The first-order chi connectivity index (χ1) is 11.2. The number of methoxy groups -OCH3 is 1. The molecule has 2 aromatic rings. The fraction of sp³-hybridized carbons (Fsp3) is 0.500. The molecule has 23 heavy (non-hydrogen) atoms. The zero-order chi connectivity index (χ0) is 16.2. The molecule has 2 aromatic heterocycles. The highest BCUT2D eigenvalue weighted by Gasteiger charge is 2.23. The fourth-order valence-electron chi connectivity index (χ4n) is 2.84. The molecule has 0 aliphatic carbocycles. The number of aromatic nitrogens is 2. The molecular weight excluding hydrogens is 296 g/mol. The third-order valence-electron chi connectivity index (χ3n) is 4.07. The summed E-state index contributed by atoms with van der Waals surface area (Å²) in [4.78, 5) is 10.9. The van der Waals surface area contributed by atoms with Gasteiger partial charge in [0.15, 0.2) is 0 Å². The van der Waals surface area contributed by atoms with Crippen molar-refractivity contribution < 1.29 is 14.6 Å². The van der Waals surface area contributed by atoms with Crippen LogP contribution in [0.25, 0.3) is 11.0 Å². The first-order valence-corrected chi connectivity index (χ1v) is 7.73. The highest BCUT2D eigenvalue weighted by atomic mass is 16.5. The third kappa shape index (κ3) is 3.59. The molecular formula is C16H22N4O3. The molecule has 0 amide bonds. The number of hydrogen-bond donors (Lipinski definition) is 2. The number of β-amino-alcohol motifs (C(OH)–C–C–N with tert-alkyl or cyclic N) is 1. The van der Waals surface area contributed by atoms with E-state index in [-0.39, 0.29) is 6.10 Å². The summed E-state index contributed by atoms with van der Waals surface area (Å²) in [5, 5.41) is 10.7. The van der Waals surface area contributed by atoms with Crippen LogP contribution in [0.4, 0.5) is 0 Å². The number of rotatable bonds is 5. The Labute approximate surface area is 135 Å². The second-order valence-corrected chi connectivity index (χ2v) is 5.63. The minimum Gasteiger partial charge on any atom is -0.481 e. The number of nitrogens with two attached hydrogens (primary N) is 1. The molecule has 3 N–H and O–H groups in total. The molecule has 0 spiro atoms. The van der Waals surface area contributed by atoms with Crippen LogP contribution in [0.5, 0.6) is 5.88 Å². The van der Waals surface area contributed by atoms with Crippen molar-refractivity contribution in [1.29, 1.82) is 0 Å². The van der Waals surface area contributed by atoms with E-state index in [0.717, 1.165) is 24.2 Å². The Morgan fingerprint density at radius 1 is 1.48 bits per heavy atom. The lowest BCUT2D eigenvalue weighted by Crippen LogP contribution is -2.46. The summed E-state index contributed by atoms with van der Waals surface area (Å²) in [7, 11) is 1.57. The molecule has 1 saturated heterocycles. The molecule has 7 nitrogen and oxygen atoms in total. The van der Waals surface area contributed by atoms with Crippen molar-refractivity contribution in [1.82, 2.24) is 14.9 Å². The maximum absolute atomic E-state index is 10.7. The van der Waals surface area contributed by atoms with Gasteiger partial charge in [-0.25, -0.2) is 4.98 Å². The number of aliphatic hydroxyl groups excluding tert-OH is 1. The smallest absolute Gasteiger partial charge is 0.213 e. The molecule has 7 heteroatoms. The van der Waals surface area contributed by atoms with Crippen LogP contribution in [0.1, 0.15) is 11.7 Å². The van der Waals surface area contributed by atoms with Crippen LogP contribution in [0.3, 0.4) is 0 Å². The summed E-state index contributed by atoms with van der Waals surface area (Å²) in [5.74, 6) is 0.508. The average Bonchev–Trinajstić information content (AvgIpc) is 2.60. The Kier molecular flexibility index (Phi) is 5.02. The lowest BCUT2D eigenvalue weighted by Gasteiger charge is -2.33. The standard InChI is InChI=1S/C16H22N4O3/c1-22-15-3-2-13-16(19-15)12(4-5-18-13)14(21)10-20-6-7-23-11(8-17)9-20/h2-5,11,14,21H,6-10,17H2,1H3. The van der Waals surface area contributed by atoms with E-state index in [1.54, 1.807) is 25.4 Å². The summed E-state index contributed by atoms with van der Waals surface area (Å²) < 4.78 is 10.7. The van der Waals surface area contributed by atoms with Crippen molar-refractivity contribution in [3.05, 3.63) is 30.0 Å². The minimum atomic E-state index is -0.656. The lowest BCUT2D eigenvalue weighted by atomic mass is 10.1. The topological polar surface area (TPSA) is 93.7 Å². The van der Waals surface area contributed by atoms with Gasteiger partial charge in [0.25, 0.3) is 0 Å². The predicted octanol–water partition coefficient (Wildman–Crippen LogP) is 0.331. The normalized spacial score (nSPS) is 20.6. The largest absolute Gasteiger partial charge is 0.481 e. The average molecular weight is 318 g/mol. The zero-order valence-electron chi connectivity index (χ0n) is 13.2. The molecule has 0 aromatic carbocycles. The number of aliphatic hydroxyl groups is 1. The number of hydrogen-bond acceptors (Lipinski definition) is 7. The number of nitrogens with zero attached hydrogens (tertiary/aromatic N) is 3. The number of morpholine rings is 1. The number of pyridine rings is 2. The van der Waals surface area contributed by atoms with Gasteiger partial charge >= 0.3 is 0 Å². The maximum atomic E-state index is 10.7. The Balaban J connectivity index is 1.81. The van der Waals surface area contributed by atoms with Crippen molar-refractivity contribution in [3.8, 4) is 5.88 Å². The van der Waals surface area contributed by atoms with E-state index in [2.05, 4.69) is 14.9 Å². The van der Waals surface area contributed by atoms with Crippen LogP contribution in [0.2, 0.25) is 0 Å². The van der Waals surface area contributed by atoms with E-state index in [0.29, 0.717) is 31.1 Å². The molecule has 1 fully saturated rings. The first-order valence-electron chi connectivity index (χ1n) is 7.73. The molecule has 124 valence electrons. The molecule has 0 saturated carbocycles. The van der Waals surface area contributed by atoms with Crippen LogP contribution in [0.15, 0.2) is 24.4 Å². The number of ether oxygens (including phenoxy) is 2. The quantitative estimate of drug-likeness (QED) is 0.820. The molecule has 2 unspecified atom stereocenters. The van der Waals surface area contributed by atoms with E-state index >= 15 is 0 Å². The predicted molar refractivity (Wildman–Crippen MR) is 86.3 cm³/mol. The van der Waals surface area contributed by atoms with E-state index in [9.17, 15) is 5.11 Å². The molecule has 1 aliphatic rings. The molecule has 2 atom stereocenters. The summed E-state index contributed by atoms with van der Waals surface area (Å²) >= 11 is 0. The summed E-state index contributed by atoms with van der Waals surface area (Å²) in [6.07, 6.45) is 1.07. The summed E-state index contributed by atoms with van der Waals surface area (Å²) in [6, 6.07) is 5.41. The van der Waals surface area contributed by atoms with Crippen LogP contribution in [-0.4, -0.2) is 66.0 Å². The molecule has 0 radical (unpaired) electrons. The van der Waals surface area contributed by atoms with Gasteiger partial charge in [0.05, 0.1) is 37.0 Å². The van der Waals surface area contributed by atoms with Crippen molar-refractivity contribution in [2.75, 3.05) is 39.9 Å². The molecule has 3 rings (SSSR count). The fourth-order valence-corrected chi connectivity index (χ4v) is 2.84. The Morgan fingerprint density at radius 3 is 3.13 bits per heavy atom. The Bertz CT molecular complexity index is 667. The van der Waals surface area contributed by atoms with E-state index in [1.807, 2.05) is 6.07 Å². The van der Waals surface area contributed by atoms with Gasteiger partial charge in [-0.2, -0.15) is 0 Å². The van der Waals surface area contributed by atoms with Crippen molar-refractivity contribution >= 4 is 11.0 Å². The van der Waals surface area contributed by atoms with E-state index in [4.69, 9.17) is 15.2 Å². The minimum absolute atomic E-state index is 0.0309. The summed E-state index contributed by atoms with van der Waals surface area (Å²) in [6.45, 7) is 3.15. The third-order valence-corrected chi connectivity index (χ3v) is 4.07. The van der Waals surface area contributed by atoms with E-state index in [1.165, 1.54) is 0 Å².